The minimum Gasteiger partial charge on any atom is -0.365 e. The Labute approximate surface area is 104 Å². The van der Waals surface area contributed by atoms with Crippen molar-refractivity contribution < 1.29 is 0 Å². The largest absolute Gasteiger partial charge is 0.365 e. The number of nitrogens with zero attached hydrogens (tertiary/aromatic N) is 3. The Kier molecular flexibility index (Phi) is 3.53. The molecule has 0 fully saturated rings. The molecule has 0 aliphatic carbocycles. The molecule has 2 rings (SSSR count). The molecule has 2 aromatic rings. The Morgan fingerprint density at radius 3 is 2.71 bits per heavy atom. The molecule has 0 bridgehead atoms. The van der Waals surface area contributed by atoms with Gasteiger partial charge in [0.05, 0.1) is 11.6 Å². The summed E-state index contributed by atoms with van der Waals surface area (Å²) in [5, 5.41) is 7.30. The summed E-state index contributed by atoms with van der Waals surface area (Å²) in [6.07, 6.45) is 3.70. The van der Waals surface area contributed by atoms with Crippen molar-refractivity contribution in [2.45, 2.75) is 20.4 Å². The summed E-state index contributed by atoms with van der Waals surface area (Å²) in [4.78, 5) is 13.9. The second-order valence-electron chi connectivity index (χ2n) is 3.67. The third kappa shape index (κ3) is 2.91. The molecule has 0 aliphatic heterocycles. The topological polar surface area (TPSA) is 62.7 Å². The van der Waals surface area contributed by atoms with Crippen LogP contribution in [0, 0.1) is 13.8 Å². The van der Waals surface area contributed by atoms with E-state index in [0.717, 1.165) is 22.9 Å². The van der Waals surface area contributed by atoms with Crippen LogP contribution in [0.25, 0.3) is 0 Å². The van der Waals surface area contributed by atoms with E-state index in [2.05, 4.69) is 25.6 Å². The van der Waals surface area contributed by atoms with Gasteiger partial charge in [-0.2, -0.15) is 4.98 Å². The van der Waals surface area contributed by atoms with E-state index in [-0.39, 0.29) is 0 Å². The van der Waals surface area contributed by atoms with Crippen LogP contribution in [-0.4, -0.2) is 22.0 Å². The molecule has 0 radical (unpaired) electrons. The zero-order valence-corrected chi connectivity index (χ0v) is 10.9. The Hall–Kier alpha value is -1.69. The van der Waals surface area contributed by atoms with Gasteiger partial charge in [0.25, 0.3) is 0 Å². The SMILES string of the molecule is CNc1ncc(C)c(NCc2cnc(C)s2)n1. The Morgan fingerprint density at radius 2 is 2.06 bits per heavy atom. The number of anilines is 2. The maximum atomic E-state index is 4.36. The van der Waals surface area contributed by atoms with Crippen LogP contribution in [0.4, 0.5) is 11.8 Å². The molecule has 90 valence electrons. The lowest BCUT2D eigenvalue weighted by Gasteiger charge is -2.08. The first kappa shape index (κ1) is 11.8. The summed E-state index contributed by atoms with van der Waals surface area (Å²) in [6, 6.07) is 0. The molecule has 2 N–H and O–H groups in total. The number of thiazole rings is 1. The Morgan fingerprint density at radius 1 is 1.24 bits per heavy atom. The standard InChI is InChI=1S/C11H15N5S/c1-7-4-15-11(12-3)16-10(7)14-6-9-5-13-8(2)17-9/h4-5H,6H2,1-3H3,(H2,12,14,15,16). The van der Waals surface area contributed by atoms with E-state index < -0.39 is 0 Å². The van der Waals surface area contributed by atoms with Gasteiger partial charge >= 0.3 is 0 Å². The Balaban J connectivity index is 2.07. The summed E-state index contributed by atoms with van der Waals surface area (Å²) < 4.78 is 0. The van der Waals surface area contributed by atoms with E-state index in [0.29, 0.717) is 5.95 Å². The van der Waals surface area contributed by atoms with Crippen LogP contribution in [0.2, 0.25) is 0 Å². The summed E-state index contributed by atoms with van der Waals surface area (Å²) in [5.74, 6) is 1.48. The highest BCUT2D eigenvalue weighted by Gasteiger charge is 2.03. The monoisotopic (exact) mass is 249 g/mol. The van der Waals surface area contributed by atoms with Gasteiger partial charge in [0.15, 0.2) is 0 Å². The van der Waals surface area contributed by atoms with Crippen molar-refractivity contribution in [2.75, 3.05) is 17.7 Å². The summed E-state index contributed by atoms with van der Waals surface area (Å²) in [7, 11) is 1.81. The van der Waals surface area contributed by atoms with Crippen LogP contribution in [-0.2, 0) is 6.54 Å². The number of hydrogen-bond donors (Lipinski definition) is 2. The molecule has 0 aliphatic rings. The van der Waals surface area contributed by atoms with Gasteiger partial charge in [-0.15, -0.1) is 11.3 Å². The molecular weight excluding hydrogens is 234 g/mol. The van der Waals surface area contributed by atoms with Gasteiger partial charge in [-0.05, 0) is 13.8 Å². The van der Waals surface area contributed by atoms with Crippen LogP contribution in [0.1, 0.15) is 15.4 Å². The average Bonchev–Trinajstić information content (AvgIpc) is 2.74. The highest BCUT2D eigenvalue weighted by molar-refractivity contribution is 7.11. The van der Waals surface area contributed by atoms with Gasteiger partial charge in [-0.3, -0.25) is 0 Å². The number of rotatable bonds is 4. The molecule has 17 heavy (non-hydrogen) atoms. The van der Waals surface area contributed by atoms with E-state index >= 15 is 0 Å². The first-order valence-corrected chi connectivity index (χ1v) is 6.17. The smallest absolute Gasteiger partial charge is 0.224 e. The third-order valence-corrected chi connectivity index (χ3v) is 3.21. The number of aryl methyl sites for hydroxylation is 2. The van der Waals surface area contributed by atoms with E-state index in [9.17, 15) is 0 Å². The molecule has 0 amide bonds. The number of nitrogens with one attached hydrogen (secondary N) is 2. The maximum Gasteiger partial charge on any atom is 0.224 e. The summed E-state index contributed by atoms with van der Waals surface area (Å²) in [6.45, 7) is 4.73. The molecule has 2 heterocycles. The maximum absolute atomic E-state index is 4.36. The van der Waals surface area contributed by atoms with Gasteiger partial charge < -0.3 is 10.6 Å². The van der Waals surface area contributed by atoms with Gasteiger partial charge in [-0.1, -0.05) is 0 Å². The van der Waals surface area contributed by atoms with Gasteiger partial charge in [0.1, 0.15) is 5.82 Å². The average molecular weight is 249 g/mol. The lowest BCUT2D eigenvalue weighted by molar-refractivity contribution is 1.07. The van der Waals surface area contributed by atoms with Crippen molar-refractivity contribution in [1.82, 2.24) is 15.0 Å². The van der Waals surface area contributed by atoms with Crippen molar-refractivity contribution >= 4 is 23.1 Å². The van der Waals surface area contributed by atoms with Crippen LogP contribution in [0.15, 0.2) is 12.4 Å². The first-order chi connectivity index (χ1) is 8.19. The van der Waals surface area contributed by atoms with Gasteiger partial charge in [0.2, 0.25) is 5.95 Å². The lowest BCUT2D eigenvalue weighted by atomic mass is 10.3. The highest BCUT2D eigenvalue weighted by atomic mass is 32.1. The molecule has 0 unspecified atom stereocenters. The summed E-state index contributed by atoms with van der Waals surface area (Å²) in [5.41, 5.74) is 1.03. The van der Waals surface area contributed by atoms with Crippen LogP contribution in [0.3, 0.4) is 0 Å². The molecule has 2 aromatic heterocycles. The van der Waals surface area contributed by atoms with Crippen LogP contribution < -0.4 is 10.6 Å². The number of aromatic nitrogens is 3. The van der Waals surface area contributed by atoms with Crippen molar-refractivity contribution in [3.8, 4) is 0 Å². The van der Waals surface area contributed by atoms with Crippen molar-refractivity contribution in [1.29, 1.82) is 0 Å². The first-order valence-electron chi connectivity index (χ1n) is 5.35. The third-order valence-electron chi connectivity index (χ3n) is 2.29. The number of hydrogen-bond acceptors (Lipinski definition) is 6. The quantitative estimate of drug-likeness (QED) is 0.869. The predicted molar refractivity (Wildman–Crippen MR) is 70.5 cm³/mol. The van der Waals surface area contributed by atoms with E-state index in [4.69, 9.17) is 0 Å². The minimum atomic E-state index is 0.624. The van der Waals surface area contributed by atoms with Gasteiger partial charge in [0, 0.05) is 29.9 Å². The van der Waals surface area contributed by atoms with Crippen LogP contribution >= 0.6 is 11.3 Å². The summed E-state index contributed by atoms with van der Waals surface area (Å²) >= 11 is 1.69. The van der Waals surface area contributed by atoms with Crippen molar-refractivity contribution in [3.05, 3.63) is 27.8 Å². The Bertz CT molecular complexity index is 508. The normalized spacial score (nSPS) is 10.3. The lowest BCUT2D eigenvalue weighted by Crippen LogP contribution is -2.05. The molecule has 6 heteroatoms. The van der Waals surface area contributed by atoms with Crippen LogP contribution in [0.5, 0.6) is 0 Å². The fourth-order valence-electron chi connectivity index (χ4n) is 1.40. The van der Waals surface area contributed by atoms with E-state index in [1.807, 2.05) is 20.0 Å². The fourth-order valence-corrected chi connectivity index (χ4v) is 2.13. The molecule has 5 nitrogen and oxygen atoms in total. The zero-order chi connectivity index (χ0) is 12.3. The molecule has 0 spiro atoms. The molecule has 0 saturated carbocycles. The second-order valence-corrected chi connectivity index (χ2v) is 4.99. The second kappa shape index (κ2) is 5.09. The molecule has 0 aromatic carbocycles. The van der Waals surface area contributed by atoms with Gasteiger partial charge in [-0.25, -0.2) is 9.97 Å². The molecule has 0 saturated heterocycles. The van der Waals surface area contributed by atoms with E-state index in [1.165, 1.54) is 4.88 Å². The van der Waals surface area contributed by atoms with E-state index in [1.54, 1.807) is 24.6 Å². The molecular formula is C11H15N5S. The highest BCUT2D eigenvalue weighted by Crippen LogP contribution is 2.16. The van der Waals surface area contributed by atoms with Crippen molar-refractivity contribution in [2.24, 2.45) is 0 Å². The predicted octanol–water partition coefficient (Wildman–Crippen LogP) is 2.20. The fraction of sp³-hybridized carbons (Fsp3) is 0.364. The zero-order valence-electron chi connectivity index (χ0n) is 10.1. The molecule has 0 atom stereocenters. The van der Waals surface area contributed by atoms with Crippen molar-refractivity contribution in [3.63, 3.8) is 0 Å². The minimum absolute atomic E-state index is 0.624.